The molecular formula is C18H21NO5. The molecule has 2 aromatic rings. The summed E-state index contributed by atoms with van der Waals surface area (Å²) in [4.78, 5) is 25.4. The Bertz CT molecular complexity index is 718. The molecule has 1 N–H and O–H groups in total. The van der Waals surface area contributed by atoms with Crippen LogP contribution in [0.3, 0.4) is 0 Å². The lowest BCUT2D eigenvalue weighted by Crippen LogP contribution is -2.30. The van der Waals surface area contributed by atoms with E-state index in [2.05, 4.69) is 0 Å². The van der Waals surface area contributed by atoms with Gasteiger partial charge in [-0.1, -0.05) is 19.1 Å². The zero-order valence-electron chi connectivity index (χ0n) is 14.0. The fraction of sp³-hybridized carbons (Fsp3) is 0.333. The van der Waals surface area contributed by atoms with Crippen molar-refractivity contribution >= 4 is 11.9 Å². The normalized spacial score (nSPS) is 10.5. The minimum atomic E-state index is -1.09. The first-order valence-electron chi connectivity index (χ1n) is 7.78. The second-order valence-electron chi connectivity index (χ2n) is 5.27. The SMILES string of the molecule is CCc1oc(C(=O)N(CC)Cc2ccc(OC)cc2)cc1C(=O)O. The number of hydrogen-bond donors (Lipinski definition) is 1. The number of carbonyl (C=O) groups excluding carboxylic acids is 1. The standard InChI is InChI=1S/C18H21NO5/c1-4-15-14(18(21)22)10-16(24-15)17(20)19(5-2)11-12-6-8-13(23-3)9-7-12/h6-10H,4-5,11H2,1-3H3,(H,21,22). The number of rotatable bonds is 7. The van der Waals surface area contributed by atoms with Crippen LogP contribution in [0.25, 0.3) is 0 Å². The number of ether oxygens (including phenoxy) is 1. The maximum Gasteiger partial charge on any atom is 0.339 e. The Morgan fingerprint density at radius 2 is 1.88 bits per heavy atom. The number of methoxy groups -OCH3 is 1. The molecule has 1 aromatic carbocycles. The van der Waals surface area contributed by atoms with Gasteiger partial charge >= 0.3 is 5.97 Å². The molecule has 128 valence electrons. The van der Waals surface area contributed by atoms with Crippen LogP contribution >= 0.6 is 0 Å². The molecule has 0 aliphatic rings. The quantitative estimate of drug-likeness (QED) is 0.842. The fourth-order valence-corrected chi connectivity index (χ4v) is 2.41. The van der Waals surface area contributed by atoms with Gasteiger partial charge in [0.25, 0.3) is 5.91 Å². The fourth-order valence-electron chi connectivity index (χ4n) is 2.41. The first kappa shape index (κ1) is 17.6. The molecule has 0 saturated heterocycles. The van der Waals surface area contributed by atoms with E-state index in [4.69, 9.17) is 9.15 Å². The molecule has 0 spiro atoms. The van der Waals surface area contributed by atoms with E-state index in [9.17, 15) is 14.7 Å². The minimum Gasteiger partial charge on any atom is -0.497 e. The molecule has 1 aromatic heterocycles. The Labute approximate surface area is 140 Å². The summed E-state index contributed by atoms with van der Waals surface area (Å²) in [5.74, 6) is -0.299. The Morgan fingerprint density at radius 1 is 1.21 bits per heavy atom. The molecule has 0 saturated carbocycles. The molecule has 6 nitrogen and oxygen atoms in total. The van der Waals surface area contributed by atoms with Gasteiger partial charge in [0.2, 0.25) is 0 Å². The molecule has 0 aliphatic carbocycles. The van der Waals surface area contributed by atoms with Gasteiger partial charge in [-0.3, -0.25) is 4.79 Å². The molecule has 1 amide bonds. The lowest BCUT2D eigenvalue weighted by Gasteiger charge is -2.19. The molecule has 0 unspecified atom stereocenters. The highest BCUT2D eigenvalue weighted by Crippen LogP contribution is 2.20. The van der Waals surface area contributed by atoms with Crippen molar-refractivity contribution in [3.05, 3.63) is 53.0 Å². The van der Waals surface area contributed by atoms with Gasteiger partial charge in [0.05, 0.1) is 7.11 Å². The van der Waals surface area contributed by atoms with Crippen molar-refractivity contribution in [1.82, 2.24) is 4.90 Å². The van der Waals surface area contributed by atoms with E-state index in [-0.39, 0.29) is 17.2 Å². The van der Waals surface area contributed by atoms with Gasteiger partial charge < -0.3 is 19.2 Å². The monoisotopic (exact) mass is 331 g/mol. The third-order valence-corrected chi connectivity index (χ3v) is 3.77. The van der Waals surface area contributed by atoms with E-state index < -0.39 is 5.97 Å². The number of aryl methyl sites for hydroxylation is 1. The number of aromatic carboxylic acids is 1. The molecular weight excluding hydrogens is 310 g/mol. The Hall–Kier alpha value is -2.76. The van der Waals surface area contributed by atoms with E-state index in [1.807, 2.05) is 31.2 Å². The van der Waals surface area contributed by atoms with E-state index in [0.717, 1.165) is 11.3 Å². The second-order valence-corrected chi connectivity index (χ2v) is 5.27. The number of carboxylic acid groups (broad SMARTS) is 1. The summed E-state index contributed by atoms with van der Waals surface area (Å²) in [5, 5.41) is 9.18. The zero-order valence-corrected chi connectivity index (χ0v) is 14.0. The Kier molecular flexibility index (Phi) is 5.63. The largest absolute Gasteiger partial charge is 0.497 e. The van der Waals surface area contributed by atoms with Gasteiger partial charge in [0.15, 0.2) is 5.76 Å². The van der Waals surface area contributed by atoms with Crippen LogP contribution in [0.2, 0.25) is 0 Å². The third kappa shape index (κ3) is 3.76. The van der Waals surface area contributed by atoms with Crippen molar-refractivity contribution in [2.24, 2.45) is 0 Å². The minimum absolute atomic E-state index is 0.0429. The van der Waals surface area contributed by atoms with Gasteiger partial charge in [0, 0.05) is 25.6 Å². The van der Waals surface area contributed by atoms with Gasteiger partial charge in [-0.05, 0) is 24.6 Å². The van der Waals surface area contributed by atoms with Crippen LogP contribution in [0.1, 0.15) is 46.1 Å². The average molecular weight is 331 g/mol. The molecule has 0 atom stereocenters. The van der Waals surface area contributed by atoms with Crippen LogP contribution in [-0.2, 0) is 13.0 Å². The average Bonchev–Trinajstić information content (AvgIpc) is 3.04. The lowest BCUT2D eigenvalue weighted by molar-refractivity contribution is 0.0690. The maximum atomic E-state index is 12.6. The number of benzene rings is 1. The molecule has 0 aliphatic heterocycles. The van der Waals surface area contributed by atoms with E-state index in [0.29, 0.717) is 25.3 Å². The zero-order chi connectivity index (χ0) is 17.7. The van der Waals surface area contributed by atoms with Crippen LogP contribution in [0.4, 0.5) is 0 Å². The molecule has 6 heteroatoms. The van der Waals surface area contributed by atoms with Crippen LogP contribution in [0.15, 0.2) is 34.7 Å². The first-order valence-corrected chi connectivity index (χ1v) is 7.78. The van der Waals surface area contributed by atoms with Crippen molar-refractivity contribution < 1.29 is 23.8 Å². The van der Waals surface area contributed by atoms with Crippen molar-refractivity contribution in [2.75, 3.05) is 13.7 Å². The summed E-state index contributed by atoms with van der Waals surface area (Å²) in [6.07, 6.45) is 0.416. The summed E-state index contributed by atoms with van der Waals surface area (Å²) in [6, 6.07) is 8.74. The Morgan fingerprint density at radius 3 is 2.33 bits per heavy atom. The molecule has 24 heavy (non-hydrogen) atoms. The number of nitrogens with zero attached hydrogens (tertiary/aromatic N) is 1. The topological polar surface area (TPSA) is 80.0 Å². The summed E-state index contributed by atoms with van der Waals surface area (Å²) < 4.78 is 10.6. The Balaban J connectivity index is 2.20. The summed E-state index contributed by atoms with van der Waals surface area (Å²) in [6.45, 7) is 4.54. The van der Waals surface area contributed by atoms with Crippen LogP contribution < -0.4 is 4.74 Å². The van der Waals surface area contributed by atoms with E-state index in [1.165, 1.54) is 6.07 Å². The number of amides is 1. The smallest absolute Gasteiger partial charge is 0.339 e. The van der Waals surface area contributed by atoms with Crippen LogP contribution in [0.5, 0.6) is 5.75 Å². The molecule has 0 fully saturated rings. The number of hydrogen-bond acceptors (Lipinski definition) is 4. The highest BCUT2D eigenvalue weighted by atomic mass is 16.5. The van der Waals surface area contributed by atoms with Crippen LogP contribution in [-0.4, -0.2) is 35.5 Å². The van der Waals surface area contributed by atoms with Crippen molar-refractivity contribution in [1.29, 1.82) is 0 Å². The predicted octanol–water partition coefficient (Wildman–Crippen LogP) is 3.21. The highest BCUT2D eigenvalue weighted by Gasteiger charge is 2.23. The van der Waals surface area contributed by atoms with Crippen LogP contribution in [0, 0.1) is 0 Å². The molecule has 0 radical (unpaired) electrons. The number of furan rings is 1. The van der Waals surface area contributed by atoms with E-state index >= 15 is 0 Å². The number of carboxylic acids is 1. The van der Waals surface area contributed by atoms with Gasteiger partial charge in [-0.2, -0.15) is 0 Å². The first-order chi connectivity index (χ1) is 11.5. The van der Waals surface area contributed by atoms with Crippen molar-refractivity contribution in [3.8, 4) is 5.75 Å². The van der Waals surface area contributed by atoms with Gasteiger partial charge in [-0.25, -0.2) is 4.79 Å². The predicted molar refractivity (Wildman–Crippen MR) is 88.5 cm³/mol. The summed E-state index contributed by atoms with van der Waals surface area (Å²) in [7, 11) is 1.60. The van der Waals surface area contributed by atoms with Crippen molar-refractivity contribution in [3.63, 3.8) is 0 Å². The van der Waals surface area contributed by atoms with Gasteiger partial charge in [-0.15, -0.1) is 0 Å². The van der Waals surface area contributed by atoms with E-state index in [1.54, 1.807) is 18.9 Å². The maximum absolute atomic E-state index is 12.6. The molecule has 2 rings (SSSR count). The molecule has 1 heterocycles. The third-order valence-electron chi connectivity index (χ3n) is 3.77. The number of carbonyl (C=O) groups is 2. The summed E-state index contributed by atoms with van der Waals surface area (Å²) in [5.41, 5.74) is 0.994. The van der Waals surface area contributed by atoms with Gasteiger partial charge in [0.1, 0.15) is 17.1 Å². The lowest BCUT2D eigenvalue weighted by atomic mass is 10.2. The second kappa shape index (κ2) is 7.68. The molecule has 0 bridgehead atoms. The summed E-state index contributed by atoms with van der Waals surface area (Å²) >= 11 is 0. The van der Waals surface area contributed by atoms with Crippen molar-refractivity contribution in [2.45, 2.75) is 26.8 Å². The highest BCUT2D eigenvalue weighted by molar-refractivity contribution is 5.96.